The lowest BCUT2D eigenvalue weighted by molar-refractivity contribution is -0.342. The lowest BCUT2D eigenvalue weighted by Gasteiger charge is -2.43. The first kappa shape index (κ1) is 16.8. The van der Waals surface area contributed by atoms with Crippen LogP contribution in [0.25, 0.3) is 0 Å². The number of hydrogen-bond donors (Lipinski definition) is 5. The summed E-state index contributed by atoms with van der Waals surface area (Å²) in [6.07, 6.45) is -2.29. The van der Waals surface area contributed by atoms with E-state index in [4.69, 9.17) is 14.2 Å². The van der Waals surface area contributed by atoms with E-state index in [0.717, 1.165) is 5.57 Å². The van der Waals surface area contributed by atoms with Crippen molar-refractivity contribution in [1.82, 2.24) is 0 Å². The molecule has 0 bridgehead atoms. The summed E-state index contributed by atoms with van der Waals surface area (Å²) in [4.78, 5) is 0. The molecule has 0 radical (unpaired) electrons. The maximum Gasteiger partial charge on any atom is 0.211 e. The molecule has 8 heteroatoms. The van der Waals surface area contributed by atoms with Gasteiger partial charge in [-0.25, -0.2) is 0 Å². The minimum absolute atomic E-state index is 0.440. The Bertz CT molecular complexity index is 500. The first-order valence-corrected chi connectivity index (χ1v) is 7.55. The molecule has 1 fully saturated rings. The number of allylic oxidation sites excluding steroid dienone is 1. The molecule has 8 unspecified atom stereocenters. The second-order valence-electron chi connectivity index (χ2n) is 6.38. The number of aliphatic hydroxyl groups is 5. The van der Waals surface area contributed by atoms with Gasteiger partial charge in [-0.3, -0.25) is 0 Å². The van der Waals surface area contributed by atoms with Crippen LogP contribution < -0.4 is 0 Å². The molecule has 1 saturated heterocycles. The molecule has 0 amide bonds. The summed E-state index contributed by atoms with van der Waals surface area (Å²) in [6, 6.07) is 0. The smallest absolute Gasteiger partial charge is 0.211 e. The molecule has 0 aromatic heterocycles. The Morgan fingerprint density at radius 3 is 2.65 bits per heavy atom. The highest BCUT2D eigenvalue weighted by Gasteiger charge is 2.50. The van der Waals surface area contributed by atoms with Gasteiger partial charge < -0.3 is 39.7 Å². The molecule has 5 N–H and O–H groups in total. The summed E-state index contributed by atoms with van der Waals surface area (Å²) in [6.45, 7) is 1.12. The summed E-state index contributed by atoms with van der Waals surface area (Å²) in [5.74, 6) is -0.472. The average molecular weight is 330 g/mol. The van der Waals surface area contributed by atoms with E-state index in [-0.39, 0.29) is 0 Å². The van der Waals surface area contributed by atoms with E-state index >= 15 is 0 Å². The molecule has 130 valence electrons. The normalized spacial score (nSPS) is 49.5. The van der Waals surface area contributed by atoms with Crippen LogP contribution in [0.1, 0.15) is 13.3 Å². The molecule has 8 atom stereocenters. The molecular weight excluding hydrogens is 308 g/mol. The van der Waals surface area contributed by atoms with Crippen LogP contribution in [0.2, 0.25) is 0 Å². The van der Waals surface area contributed by atoms with Crippen molar-refractivity contribution in [3.63, 3.8) is 0 Å². The van der Waals surface area contributed by atoms with Crippen LogP contribution >= 0.6 is 0 Å². The third kappa shape index (κ3) is 2.91. The van der Waals surface area contributed by atoms with Gasteiger partial charge in [0.05, 0.1) is 24.4 Å². The minimum Gasteiger partial charge on any atom is -0.472 e. The van der Waals surface area contributed by atoms with Gasteiger partial charge in [-0.15, -0.1) is 0 Å². The highest BCUT2D eigenvalue weighted by Crippen LogP contribution is 2.42. The predicted octanol–water partition coefficient (Wildman–Crippen LogP) is -1.63. The highest BCUT2D eigenvalue weighted by atomic mass is 16.8. The SMILES string of the molecule is CC1(O)CC=C2C=COC(OC3OC(CO)C(O)C(O)C3O)C21. The second kappa shape index (κ2) is 6.14. The van der Waals surface area contributed by atoms with Crippen LogP contribution in [0.4, 0.5) is 0 Å². The molecule has 0 aromatic carbocycles. The van der Waals surface area contributed by atoms with E-state index in [0.29, 0.717) is 6.42 Å². The number of rotatable bonds is 3. The van der Waals surface area contributed by atoms with Crippen molar-refractivity contribution in [3.05, 3.63) is 24.0 Å². The molecule has 1 aliphatic carbocycles. The van der Waals surface area contributed by atoms with Crippen LogP contribution in [-0.2, 0) is 14.2 Å². The second-order valence-corrected chi connectivity index (χ2v) is 6.38. The van der Waals surface area contributed by atoms with Gasteiger partial charge >= 0.3 is 0 Å². The first-order valence-electron chi connectivity index (χ1n) is 7.55. The fourth-order valence-corrected chi connectivity index (χ4v) is 3.26. The first-order chi connectivity index (χ1) is 10.8. The summed E-state index contributed by atoms with van der Waals surface area (Å²) < 4.78 is 16.3. The molecule has 3 aliphatic rings. The van der Waals surface area contributed by atoms with Gasteiger partial charge in [0.1, 0.15) is 24.4 Å². The van der Waals surface area contributed by atoms with Crippen molar-refractivity contribution in [1.29, 1.82) is 0 Å². The van der Waals surface area contributed by atoms with Crippen LogP contribution in [0.15, 0.2) is 24.0 Å². The maximum atomic E-state index is 10.5. The number of fused-ring (bicyclic) bond motifs is 1. The number of hydrogen-bond acceptors (Lipinski definition) is 8. The predicted molar refractivity (Wildman–Crippen MR) is 75.7 cm³/mol. The van der Waals surface area contributed by atoms with Gasteiger partial charge in [0.25, 0.3) is 0 Å². The third-order valence-electron chi connectivity index (χ3n) is 4.64. The van der Waals surface area contributed by atoms with Gasteiger partial charge in [0.2, 0.25) is 6.29 Å². The zero-order valence-corrected chi connectivity index (χ0v) is 12.6. The van der Waals surface area contributed by atoms with Crippen molar-refractivity contribution in [3.8, 4) is 0 Å². The lowest BCUT2D eigenvalue weighted by atomic mass is 9.86. The monoisotopic (exact) mass is 330 g/mol. The average Bonchev–Trinajstić information content (AvgIpc) is 2.84. The Morgan fingerprint density at radius 1 is 1.22 bits per heavy atom. The molecular formula is C15H22O8. The Labute approximate surface area is 133 Å². The van der Waals surface area contributed by atoms with Crippen molar-refractivity contribution in [2.75, 3.05) is 6.61 Å². The van der Waals surface area contributed by atoms with Crippen LogP contribution in [0, 0.1) is 5.92 Å². The van der Waals surface area contributed by atoms with Gasteiger partial charge in [-0.1, -0.05) is 6.08 Å². The quantitative estimate of drug-likeness (QED) is 0.417. The number of ether oxygens (including phenoxy) is 3. The lowest BCUT2D eigenvalue weighted by Crippen LogP contribution is -2.60. The Morgan fingerprint density at radius 2 is 1.96 bits per heavy atom. The van der Waals surface area contributed by atoms with Gasteiger partial charge in [0.15, 0.2) is 6.29 Å². The fourth-order valence-electron chi connectivity index (χ4n) is 3.26. The zero-order chi connectivity index (χ0) is 16.8. The summed E-state index contributed by atoms with van der Waals surface area (Å²) in [5, 5.41) is 49.3. The van der Waals surface area contributed by atoms with Crippen molar-refractivity contribution in [2.45, 2.75) is 55.9 Å². The standard InChI is InChI=1S/C15H22O8/c1-15(20)4-2-7-3-5-21-13(9(7)15)23-14-12(19)11(18)10(17)8(6-16)22-14/h2-3,5,8-14,16-20H,4,6H2,1H3. The van der Waals surface area contributed by atoms with Crippen LogP contribution in [0.3, 0.4) is 0 Å². The van der Waals surface area contributed by atoms with Crippen LogP contribution in [0.5, 0.6) is 0 Å². The molecule has 2 aliphatic heterocycles. The molecule has 23 heavy (non-hydrogen) atoms. The Balaban J connectivity index is 1.75. The topological polar surface area (TPSA) is 129 Å². The summed E-state index contributed by atoms with van der Waals surface area (Å²) in [7, 11) is 0. The van der Waals surface area contributed by atoms with E-state index in [9.17, 15) is 25.5 Å². The van der Waals surface area contributed by atoms with E-state index in [1.165, 1.54) is 6.26 Å². The number of aliphatic hydroxyl groups excluding tert-OH is 4. The largest absolute Gasteiger partial charge is 0.472 e. The fraction of sp³-hybridized carbons (Fsp3) is 0.733. The summed E-state index contributed by atoms with van der Waals surface area (Å²) in [5.41, 5.74) is -0.213. The van der Waals surface area contributed by atoms with Crippen LogP contribution in [-0.4, -0.2) is 74.7 Å². The molecule has 0 aromatic rings. The zero-order valence-electron chi connectivity index (χ0n) is 12.6. The molecule has 0 spiro atoms. The highest BCUT2D eigenvalue weighted by molar-refractivity contribution is 5.32. The molecule has 2 heterocycles. The van der Waals surface area contributed by atoms with E-state index in [2.05, 4.69) is 0 Å². The van der Waals surface area contributed by atoms with Crippen molar-refractivity contribution in [2.24, 2.45) is 5.92 Å². The Hall–Kier alpha value is -1.00. The minimum atomic E-state index is -1.52. The molecule has 0 saturated carbocycles. The maximum absolute atomic E-state index is 10.5. The molecule has 3 rings (SSSR count). The van der Waals surface area contributed by atoms with E-state index < -0.39 is 55.1 Å². The van der Waals surface area contributed by atoms with Gasteiger partial charge in [-0.05, 0) is 25.0 Å². The van der Waals surface area contributed by atoms with Crippen molar-refractivity contribution >= 4 is 0 Å². The summed E-state index contributed by atoms with van der Waals surface area (Å²) >= 11 is 0. The van der Waals surface area contributed by atoms with Gasteiger partial charge in [0, 0.05) is 0 Å². The van der Waals surface area contributed by atoms with Gasteiger partial charge in [-0.2, -0.15) is 0 Å². The third-order valence-corrected chi connectivity index (χ3v) is 4.64. The van der Waals surface area contributed by atoms with E-state index in [1.807, 2.05) is 6.08 Å². The van der Waals surface area contributed by atoms with E-state index in [1.54, 1.807) is 13.0 Å². The molecule has 8 nitrogen and oxygen atoms in total. The van der Waals surface area contributed by atoms with Crippen molar-refractivity contribution < 1.29 is 39.7 Å². The Kier molecular flexibility index (Phi) is 4.49.